The Labute approximate surface area is 134 Å². The number of rotatable bonds is 6. The van der Waals surface area contributed by atoms with Crippen molar-refractivity contribution in [2.24, 2.45) is 0 Å². The summed E-state index contributed by atoms with van der Waals surface area (Å²) in [5.74, 6) is 0. The molecule has 5 nitrogen and oxygen atoms in total. The van der Waals surface area contributed by atoms with Crippen molar-refractivity contribution in [3.63, 3.8) is 0 Å². The van der Waals surface area contributed by atoms with Gasteiger partial charge in [0.15, 0.2) is 0 Å². The molecule has 1 N–H and O–H groups in total. The van der Waals surface area contributed by atoms with E-state index in [4.69, 9.17) is 0 Å². The summed E-state index contributed by atoms with van der Waals surface area (Å²) < 4.78 is 0.577. The molecule has 21 heavy (non-hydrogen) atoms. The monoisotopic (exact) mass is 355 g/mol. The van der Waals surface area contributed by atoms with Crippen molar-refractivity contribution in [3.05, 3.63) is 38.3 Å². The standard InChI is InChI=1S/C15H22BrN3O2/c1-18(2)15(8-3-4-9-15)11-17-10-12-6-5-7-13(14(12)16)19(20)21/h5-7,17H,3-4,8-11H2,1-2H3. The first-order valence-electron chi connectivity index (χ1n) is 7.26. The number of hydrogen-bond donors (Lipinski definition) is 1. The third-order valence-electron chi connectivity index (χ3n) is 4.51. The van der Waals surface area contributed by atoms with E-state index in [2.05, 4.69) is 40.2 Å². The van der Waals surface area contributed by atoms with Crippen LogP contribution >= 0.6 is 15.9 Å². The minimum absolute atomic E-state index is 0.123. The molecule has 0 heterocycles. The molecule has 0 atom stereocenters. The molecular formula is C15H22BrN3O2. The summed E-state index contributed by atoms with van der Waals surface area (Å²) in [7, 11) is 4.27. The molecule has 0 spiro atoms. The predicted molar refractivity (Wildman–Crippen MR) is 87.4 cm³/mol. The van der Waals surface area contributed by atoms with Crippen molar-refractivity contribution in [1.29, 1.82) is 0 Å². The molecule has 1 aromatic rings. The Balaban J connectivity index is 2.00. The molecule has 1 aliphatic carbocycles. The maximum atomic E-state index is 10.9. The van der Waals surface area contributed by atoms with Gasteiger partial charge in [-0.05, 0) is 48.4 Å². The topological polar surface area (TPSA) is 58.4 Å². The highest BCUT2D eigenvalue weighted by atomic mass is 79.9. The fourth-order valence-electron chi connectivity index (χ4n) is 3.09. The van der Waals surface area contributed by atoms with Gasteiger partial charge in [-0.25, -0.2) is 0 Å². The Morgan fingerprint density at radius 1 is 1.38 bits per heavy atom. The van der Waals surface area contributed by atoms with Gasteiger partial charge in [-0.2, -0.15) is 0 Å². The van der Waals surface area contributed by atoms with Crippen LogP contribution in [0.25, 0.3) is 0 Å². The fraction of sp³-hybridized carbons (Fsp3) is 0.600. The maximum Gasteiger partial charge on any atom is 0.283 e. The van der Waals surface area contributed by atoms with E-state index in [0.717, 1.165) is 12.1 Å². The van der Waals surface area contributed by atoms with Gasteiger partial charge in [-0.1, -0.05) is 25.0 Å². The smallest absolute Gasteiger partial charge is 0.283 e. The van der Waals surface area contributed by atoms with Gasteiger partial charge in [0.2, 0.25) is 0 Å². The van der Waals surface area contributed by atoms with E-state index < -0.39 is 0 Å². The molecule has 0 unspecified atom stereocenters. The average Bonchev–Trinajstić information content (AvgIpc) is 2.90. The third kappa shape index (κ3) is 3.62. The van der Waals surface area contributed by atoms with Crippen molar-refractivity contribution in [1.82, 2.24) is 10.2 Å². The number of benzene rings is 1. The van der Waals surface area contributed by atoms with Crippen molar-refractivity contribution in [2.75, 3.05) is 20.6 Å². The molecule has 0 aromatic heterocycles. The van der Waals surface area contributed by atoms with Gasteiger partial charge in [-0.15, -0.1) is 0 Å². The van der Waals surface area contributed by atoms with Crippen LogP contribution < -0.4 is 5.32 Å². The predicted octanol–water partition coefficient (Wildman–Crippen LogP) is 3.32. The van der Waals surface area contributed by atoms with Gasteiger partial charge >= 0.3 is 0 Å². The van der Waals surface area contributed by atoms with Crippen LogP contribution in [0.3, 0.4) is 0 Å². The first-order valence-corrected chi connectivity index (χ1v) is 8.05. The molecule has 0 saturated heterocycles. The van der Waals surface area contributed by atoms with Crippen LogP contribution in [-0.4, -0.2) is 36.0 Å². The SMILES string of the molecule is CN(C)C1(CNCc2cccc([N+](=O)[O-])c2Br)CCCC1. The fourth-order valence-corrected chi connectivity index (χ4v) is 3.64. The number of nitrogens with zero attached hydrogens (tertiary/aromatic N) is 2. The summed E-state index contributed by atoms with van der Waals surface area (Å²) in [6.07, 6.45) is 4.98. The number of likely N-dealkylation sites (N-methyl/N-ethyl adjacent to an activating group) is 1. The van der Waals surface area contributed by atoms with Crippen molar-refractivity contribution in [3.8, 4) is 0 Å². The number of nitrogens with one attached hydrogen (secondary N) is 1. The summed E-state index contributed by atoms with van der Waals surface area (Å²) in [4.78, 5) is 12.9. The highest BCUT2D eigenvalue weighted by Crippen LogP contribution is 2.33. The van der Waals surface area contributed by atoms with Gasteiger partial charge < -0.3 is 10.2 Å². The van der Waals surface area contributed by atoms with Crippen LogP contribution in [0, 0.1) is 10.1 Å². The molecular weight excluding hydrogens is 334 g/mol. The van der Waals surface area contributed by atoms with Crippen molar-refractivity contribution in [2.45, 2.75) is 37.8 Å². The highest BCUT2D eigenvalue weighted by molar-refractivity contribution is 9.10. The number of nitro groups is 1. The molecule has 2 rings (SSSR count). The van der Waals surface area contributed by atoms with Crippen LogP contribution in [0.2, 0.25) is 0 Å². The van der Waals surface area contributed by atoms with Gasteiger partial charge in [-0.3, -0.25) is 10.1 Å². The molecule has 1 fully saturated rings. The zero-order chi connectivity index (χ0) is 15.5. The van der Waals surface area contributed by atoms with E-state index in [9.17, 15) is 10.1 Å². The van der Waals surface area contributed by atoms with Crippen LogP contribution in [0.5, 0.6) is 0 Å². The first kappa shape index (κ1) is 16.4. The second-order valence-corrected chi connectivity index (χ2v) is 6.73. The Bertz CT molecular complexity index is 514. The Morgan fingerprint density at radius 2 is 2.05 bits per heavy atom. The van der Waals surface area contributed by atoms with E-state index >= 15 is 0 Å². The maximum absolute atomic E-state index is 10.9. The molecule has 0 amide bonds. The summed E-state index contributed by atoms with van der Waals surface area (Å²) in [5.41, 5.74) is 1.28. The average molecular weight is 356 g/mol. The molecule has 0 aliphatic heterocycles. The lowest BCUT2D eigenvalue weighted by atomic mass is 9.96. The summed E-state index contributed by atoms with van der Waals surface area (Å²) in [6, 6.07) is 5.17. The second-order valence-electron chi connectivity index (χ2n) is 5.94. The summed E-state index contributed by atoms with van der Waals surface area (Å²) in [5, 5.41) is 14.4. The minimum atomic E-state index is -0.355. The van der Waals surface area contributed by atoms with Gasteiger partial charge in [0.1, 0.15) is 0 Å². The van der Waals surface area contributed by atoms with Gasteiger partial charge in [0.25, 0.3) is 5.69 Å². The second kappa shape index (κ2) is 6.85. The van der Waals surface area contributed by atoms with Crippen LogP contribution in [0.1, 0.15) is 31.2 Å². The summed E-state index contributed by atoms with van der Waals surface area (Å²) in [6.45, 7) is 1.55. The van der Waals surface area contributed by atoms with Crippen molar-refractivity contribution >= 4 is 21.6 Å². The van der Waals surface area contributed by atoms with Crippen LogP contribution in [0.15, 0.2) is 22.7 Å². The Kier molecular flexibility index (Phi) is 5.35. The molecule has 0 radical (unpaired) electrons. The largest absolute Gasteiger partial charge is 0.311 e. The number of hydrogen-bond acceptors (Lipinski definition) is 4. The molecule has 0 bridgehead atoms. The van der Waals surface area contributed by atoms with E-state index in [-0.39, 0.29) is 16.1 Å². The van der Waals surface area contributed by atoms with Gasteiger partial charge in [0.05, 0.1) is 9.40 Å². The number of nitro benzene ring substituents is 1. The minimum Gasteiger partial charge on any atom is -0.311 e. The first-order chi connectivity index (χ1) is 9.96. The van der Waals surface area contributed by atoms with Crippen LogP contribution in [0.4, 0.5) is 5.69 Å². The van der Waals surface area contributed by atoms with E-state index in [1.54, 1.807) is 6.07 Å². The van der Waals surface area contributed by atoms with Gasteiger partial charge in [0, 0.05) is 24.7 Å². The lowest BCUT2D eigenvalue weighted by Crippen LogP contribution is -2.49. The summed E-state index contributed by atoms with van der Waals surface area (Å²) >= 11 is 3.35. The molecule has 1 aromatic carbocycles. The highest BCUT2D eigenvalue weighted by Gasteiger charge is 2.35. The van der Waals surface area contributed by atoms with E-state index in [1.807, 2.05) is 6.07 Å². The molecule has 1 aliphatic rings. The lowest BCUT2D eigenvalue weighted by molar-refractivity contribution is -0.385. The molecule has 116 valence electrons. The Morgan fingerprint density at radius 3 is 2.62 bits per heavy atom. The third-order valence-corrected chi connectivity index (χ3v) is 5.42. The zero-order valence-electron chi connectivity index (χ0n) is 12.6. The quantitative estimate of drug-likeness (QED) is 0.628. The lowest BCUT2D eigenvalue weighted by Gasteiger charge is -2.36. The molecule has 6 heteroatoms. The number of halogens is 1. The Hall–Kier alpha value is -0.980. The van der Waals surface area contributed by atoms with Crippen molar-refractivity contribution < 1.29 is 4.92 Å². The van der Waals surface area contributed by atoms with Crippen LogP contribution in [-0.2, 0) is 6.54 Å². The molecule has 1 saturated carbocycles. The zero-order valence-corrected chi connectivity index (χ0v) is 14.1. The van der Waals surface area contributed by atoms with E-state index in [0.29, 0.717) is 11.0 Å². The normalized spacial score (nSPS) is 17.3. The van der Waals surface area contributed by atoms with E-state index in [1.165, 1.54) is 31.7 Å².